The van der Waals surface area contributed by atoms with Gasteiger partial charge in [-0.1, -0.05) is 18.2 Å². The molecule has 2 heterocycles. The number of fused-ring (bicyclic) bond motifs is 1. The molecule has 1 saturated heterocycles. The maximum atomic E-state index is 10.6. The second kappa shape index (κ2) is 7.75. The summed E-state index contributed by atoms with van der Waals surface area (Å²) in [6, 6.07) is 6.64. The van der Waals surface area contributed by atoms with E-state index in [1.807, 2.05) is 30.5 Å². The predicted octanol–water partition coefficient (Wildman–Crippen LogP) is 0.945. The van der Waals surface area contributed by atoms with Crippen LogP contribution in [0, 0.1) is 0 Å². The van der Waals surface area contributed by atoms with Gasteiger partial charge in [0.25, 0.3) is 0 Å². The fraction of sp³-hybridized carbons (Fsp3) is 0.375. The number of carboxylic acids is 2. The molecule has 2 unspecified atom stereocenters. The Hall–Kier alpha value is -2.38. The summed E-state index contributed by atoms with van der Waals surface area (Å²) in [5.41, 5.74) is 7.43. The highest BCUT2D eigenvalue weighted by molar-refractivity contribution is 5.84. The van der Waals surface area contributed by atoms with Crippen LogP contribution in [0.4, 0.5) is 0 Å². The summed E-state index contributed by atoms with van der Waals surface area (Å²) in [5.74, 6) is -1.69. The van der Waals surface area contributed by atoms with E-state index < -0.39 is 18.0 Å². The van der Waals surface area contributed by atoms with E-state index in [0.29, 0.717) is 6.42 Å². The van der Waals surface area contributed by atoms with Crippen LogP contribution in [0.5, 0.6) is 0 Å². The number of aromatic nitrogens is 1. The van der Waals surface area contributed by atoms with Gasteiger partial charge in [-0.2, -0.15) is 0 Å². The third kappa shape index (κ3) is 4.54. The summed E-state index contributed by atoms with van der Waals surface area (Å²) >= 11 is 0. The molecule has 0 aliphatic carbocycles. The molecule has 23 heavy (non-hydrogen) atoms. The molecular weight excluding hydrogens is 298 g/mol. The highest BCUT2D eigenvalue weighted by Crippen LogP contribution is 2.18. The van der Waals surface area contributed by atoms with Gasteiger partial charge >= 0.3 is 11.9 Å². The van der Waals surface area contributed by atoms with Crippen molar-refractivity contribution < 1.29 is 19.8 Å². The maximum absolute atomic E-state index is 10.6. The van der Waals surface area contributed by atoms with Gasteiger partial charge < -0.3 is 26.2 Å². The SMILES string of the molecule is NC(Cc1c[nH]c2ccccc12)C(=O)O.O=C(O)C1CCCN1. The minimum Gasteiger partial charge on any atom is -0.480 e. The lowest BCUT2D eigenvalue weighted by atomic mass is 10.1. The Morgan fingerprint density at radius 3 is 2.61 bits per heavy atom. The second-order valence-electron chi connectivity index (χ2n) is 5.50. The normalized spacial score (nSPS) is 18.2. The topological polar surface area (TPSA) is 128 Å². The number of para-hydroxylation sites is 1. The monoisotopic (exact) mass is 319 g/mol. The van der Waals surface area contributed by atoms with Crippen molar-refractivity contribution in [2.75, 3.05) is 6.54 Å². The largest absolute Gasteiger partial charge is 0.480 e. The molecule has 2 atom stereocenters. The van der Waals surface area contributed by atoms with Crippen molar-refractivity contribution in [1.29, 1.82) is 0 Å². The van der Waals surface area contributed by atoms with E-state index in [1.54, 1.807) is 0 Å². The Balaban J connectivity index is 0.000000203. The van der Waals surface area contributed by atoms with E-state index in [4.69, 9.17) is 15.9 Å². The number of nitrogens with two attached hydrogens (primary N) is 1. The molecule has 3 rings (SSSR count). The molecule has 0 amide bonds. The summed E-state index contributed by atoms with van der Waals surface area (Å²) in [6.45, 7) is 0.858. The molecule has 7 heteroatoms. The molecule has 6 N–H and O–H groups in total. The first kappa shape index (κ1) is 17.0. The van der Waals surface area contributed by atoms with Gasteiger partial charge in [0.05, 0.1) is 0 Å². The summed E-state index contributed by atoms with van der Waals surface area (Å²) < 4.78 is 0. The van der Waals surface area contributed by atoms with Crippen LogP contribution in [0.2, 0.25) is 0 Å². The summed E-state index contributed by atoms with van der Waals surface area (Å²) in [7, 11) is 0. The van der Waals surface area contributed by atoms with E-state index in [1.165, 1.54) is 0 Å². The van der Waals surface area contributed by atoms with Crippen molar-refractivity contribution in [2.45, 2.75) is 31.3 Å². The van der Waals surface area contributed by atoms with Crippen molar-refractivity contribution in [3.8, 4) is 0 Å². The lowest BCUT2D eigenvalue weighted by Crippen LogP contribution is -2.32. The Bertz CT molecular complexity index is 677. The standard InChI is InChI=1S/C11H12N2O2.C5H9NO2/c12-9(11(14)15)5-7-6-13-10-4-2-1-3-8(7)10;7-5(8)4-2-1-3-6-4/h1-4,6,9,13H,5,12H2,(H,14,15);4,6H,1-3H2,(H,7,8). The Kier molecular flexibility index (Phi) is 5.72. The number of hydrogen-bond donors (Lipinski definition) is 5. The van der Waals surface area contributed by atoms with Crippen LogP contribution in [0.3, 0.4) is 0 Å². The molecule has 0 bridgehead atoms. The zero-order valence-corrected chi connectivity index (χ0v) is 12.7. The maximum Gasteiger partial charge on any atom is 0.320 e. The molecule has 1 aliphatic heterocycles. The Morgan fingerprint density at radius 1 is 1.30 bits per heavy atom. The van der Waals surface area contributed by atoms with Gasteiger partial charge in [-0.25, -0.2) is 0 Å². The molecule has 0 spiro atoms. The quantitative estimate of drug-likeness (QED) is 0.570. The smallest absolute Gasteiger partial charge is 0.320 e. The molecular formula is C16H21N3O4. The first-order chi connectivity index (χ1) is 11.0. The van der Waals surface area contributed by atoms with Crippen molar-refractivity contribution in [1.82, 2.24) is 10.3 Å². The number of nitrogens with one attached hydrogen (secondary N) is 2. The highest BCUT2D eigenvalue weighted by Gasteiger charge is 2.20. The van der Waals surface area contributed by atoms with Gasteiger partial charge in [0.2, 0.25) is 0 Å². The number of aromatic amines is 1. The number of aliphatic carboxylic acids is 2. The molecule has 0 saturated carbocycles. The zero-order chi connectivity index (χ0) is 16.8. The molecule has 1 aliphatic rings. The van der Waals surface area contributed by atoms with Crippen molar-refractivity contribution in [2.24, 2.45) is 5.73 Å². The van der Waals surface area contributed by atoms with E-state index in [9.17, 15) is 9.59 Å². The van der Waals surface area contributed by atoms with Gasteiger partial charge in [0, 0.05) is 23.5 Å². The Morgan fingerprint density at radius 2 is 2.04 bits per heavy atom. The van der Waals surface area contributed by atoms with Crippen LogP contribution in [0.25, 0.3) is 10.9 Å². The van der Waals surface area contributed by atoms with E-state index in [2.05, 4.69) is 10.3 Å². The number of H-pyrrole nitrogens is 1. The second-order valence-corrected chi connectivity index (χ2v) is 5.50. The van der Waals surface area contributed by atoms with Crippen molar-refractivity contribution in [3.63, 3.8) is 0 Å². The van der Waals surface area contributed by atoms with E-state index in [-0.39, 0.29) is 6.04 Å². The molecule has 1 fully saturated rings. The number of rotatable bonds is 4. The van der Waals surface area contributed by atoms with Crippen LogP contribution < -0.4 is 11.1 Å². The molecule has 124 valence electrons. The molecule has 1 aromatic heterocycles. The molecule has 1 aromatic carbocycles. The molecule has 7 nitrogen and oxygen atoms in total. The third-order valence-electron chi connectivity index (χ3n) is 3.79. The average molecular weight is 319 g/mol. The first-order valence-corrected chi connectivity index (χ1v) is 7.48. The highest BCUT2D eigenvalue weighted by atomic mass is 16.4. The van der Waals surface area contributed by atoms with Gasteiger partial charge in [-0.15, -0.1) is 0 Å². The van der Waals surface area contributed by atoms with Crippen molar-refractivity contribution in [3.05, 3.63) is 36.0 Å². The van der Waals surface area contributed by atoms with E-state index >= 15 is 0 Å². The van der Waals surface area contributed by atoms with Gasteiger partial charge in [0.15, 0.2) is 0 Å². The average Bonchev–Trinajstić information content (AvgIpc) is 3.18. The van der Waals surface area contributed by atoms with Gasteiger partial charge in [-0.05, 0) is 31.0 Å². The zero-order valence-electron chi connectivity index (χ0n) is 12.7. The fourth-order valence-electron chi connectivity index (χ4n) is 2.52. The Labute approximate surface area is 133 Å². The van der Waals surface area contributed by atoms with Crippen LogP contribution in [0.1, 0.15) is 18.4 Å². The molecule has 0 radical (unpaired) electrons. The van der Waals surface area contributed by atoms with Gasteiger partial charge in [-0.3, -0.25) is 9.59 Å². The number of benzene rings is 1. The lowest BCUT2D eigenvalue weighted by Gasteiger charge is -2.04. The summed E-state index contributed by atoms with van der Waals surface area (Å²) in [6.07, 6.45) is 3.94. The van der Waals surface area contributed by atoms with Crippen LogP contribution >= 0.6 is 0 Å². The first-order valence-electron chi connectivity index (χ1n) is 7.48. The summed E-state index contributed by atoms with van der Waals surface area (Å²) in [4.78, 5) is 23.8. The molecule has 2 aromatic rings. The van der Waals surface area contributed by atoms with Crippen molar-refractivity contribution >= 4 is 22.8 Å². The van der Waals surface area contributed by atoms with Crippen LogP contribution in [0.15, 0.2) is 30.5 Å². The summed E-state index contributed by atoms with van der Waals surface area (Å²) in [5, 5.41) is 21.0. The minimum atomic E-state index is -0.972. The lowest BCUT2D eigenvalue weighted by molar-refractivity contribution is -0.139. The number of carbonyl (C=O) groups is 2. The van der Waals surface area contributed by atoms with E-state index in [0.717, 1.165) is 35.9 Å². The van der Waals surface area contributed by atoms with Gasteiger partial charge in [0.1, 0.15) is 12.1 Å². The minimum absolute atomic E-state index is 0.269. The van der Waals surface area contributed by atoms with Crippen LogP contribution in [-0.4, -0.2) is 45.8 Å². The van der Waals surface area contributed by atoms with Crippen LogP contribution in [-0.2, 0) is 16.0 Å². The predicted molar refractivity (Wildman–Crippen MR) is 86.3 cm³/mol. The number of hydrogen-bond acceptors (Lipinski definition) is 4. The third-order valence-corrected chi connectivity index (χ3v) is 3.79. The number of carboxylic acid groups (broad SMARTS) is 2. The fourth-order valence-corrected chi connectivity index (χ4v) is 2.52.